The average Bonchev–Trinajstić information content (AvgIpc) is 2.61. The van der Waals surface area contributed by atoms with Gasteiger partial charge in [0.15, 0.2) is 0 Å². The van der Waals surface area contributed by atoms with Gasteiger partial charge in [-0.25, -0.2) is 9.97 Å². The lowest BCUT2D eigenvalue weighted by Crippen LogP contribution is -1.92. The summed E-state index contributed by atoms with van der Waals surface area (Å²) in [5.41, 5.74) is 3.78. The van der Waals surface area contributed by atoms with Crippen LogP contribution in [0.3, 0.4) is 0 Å². The molecule has 0 atom stereocenters. The zero-order valence-electron chi connectivity index (χ0n) is 13.5. The molecule has 120 valence electrons. The first kappa shape index (κ1) is 15.7. The van der Waals surface area contributed by atoms with E-state index in [0.717, 1.165) is 40.0 Å². The number of pyridine rings is 2. The lowest BCUT2D eigenvalue weighted by atomic mass is 10.1. The highest BCUT2D eigenvalue weighted by Gasteiger charge is 2.00. The van der Waals surface area contributed by atoms with Crippen LogP contribution in [0.15, 0.2) is 61.3 Å². The number of anilines is 1. The zero-order valence-corrected chi connectivity index (χ0v) is 13.5. The fourth-order valence-electron chi connectivity index (χ4n) is 2.41. The van der Waals surface area contributed by atoms with Gasteiger partial charge in [-0.2, -0.15) is 0 Å². The Labute approximate surface area is 141 Å². The molecular formula is C20H19N3O. The van der Waals surface area contributed by atoms with Gasteiger partial charge in [-0.1, -0.05) is 18.7 Å². The Hall–Kier alpha value is -3.14. The summed E-state index contributed by atoms with van der Waals surface area (Å²) in [4.78, 5) is 8.86. The minimum absolute atomic E-state index is 0.252. The first-order valence-corrected chi connectivity index (χ1v) is 7.74. The summed E-state index contributed by atoms with van der Waals surface area (Å²) in [6.45, 7) is 4.11. The predicted octanol–water partition coefficient (Wildman–Crippen LogP) is 4.49. The van der Waals surface area contributed by atoms with Gasteiger partial charge in [0, 0.05) is 18.6 Å². The van der Waals surface area contributed by atoms with Gasteiger partial charge in [0.1, 0.15) is 11.6 Å². The normalized spacial score (nSPS) is 11.0. The third-order valence-electron chi connectivity index (χ3n) is 3.78. The molecule has 4 nitrogen and oxygen atoms in total. The van der Waals surface area contributed by atoms with Crippen molar-refractivity contribution in [1.82, 2.24) is 9.97 Å². The molecule has 0 spiro atoms. The number of aromatic hydroxyl groups is 1. The van der Waals surface area contributed by atoms with Gasteiger partial charge in [0.25, 0.3) is 0 Å². The molecule has 0 aliphatic carbocycles. The molecule has 0 aliphatic rings. The van der Waals surface area contributed by atoms with Crippen molar-refractivity contribution in [2.75, 3.05) is 12.4 Å². The van der Waals surface area contributed by atoms with E-state index in [9.17, 15) is 5.11 Å². The van der Waals surface area contributed by atoms with Crippen molar-refractivity contribution in [3.8, 4) is 5.75 Å². The SMILES string of the molecule is C=C(C/C=C/c1ccc2cc(O)ccc2n1)c1ccc(NC)nc1. The third-order valence-corrected chi connectivity index (χ3v) is 3.78. The molecule has 2 heterocycles. The van der Waals surface area contributed by atoms with E-state index in [4.69, 9.17) is 0 Å². The van der Waals surface area contributed by atoms with Crippen LogP contribution in [0.1, 0.15) is 17.7 Å². The molecule has 3 rings (SSSR count). The second-order valence-electron chi connectivity index (χ2n) is 5.51. The topological polar surface area (TPSA) is 58.0 Å². The number of hydrogen-bond donors (Lipinski definition) is 2. The monoisotopic (exact) mass is 317 g/mol. The second kappa shape index (κ2) is 6.96. The van der Waals surface area contributed by atoms with Crippen LogP contribution in [0.5, 0.6) is 5.75 Å². The van der Waals surface area contributed by atoms with Gasteiger partial charge in [-0.3, -0.25) is 0 Å². The van der Waals surface area contributed by atoms with Crippen LogP contribution in [-0.4, -0.2) is 22.1 Å². The molecule has 2 aromatic heterocycles. The lowest BCUT2D eigenvalue weighted by Gasteiger charge is -2.04. The molecule has 0 fully saturated rings. The highest BCUT2D eigenvalue weighted by molar-refractivity contribution is 5.81. The van der Waals surface area contributed by atoms with E-state index in [-0.39, 0.29) is 5.75 Å². The average molecular weight is 317 g/mol. The van der Waals surface area contributed by atoms with Gasteiger partial charge in [0.2, 0.25) is 0 Å². The molecule has 0 amide bonds. The molecule has 4 heteroatoms. The molecular weight excluding hydrogens is 298 g/mol. The maximum atomic E-state index is 9.48. The number of rotatable bonds is 5. The first-order chi connectivity index (χ1) is 11.7. The number of aromatic nitrogens is 2. The van der Waals surface area contributed by atoms with E-state index in [1.807, 2.05) is 55.7 Å². The smallest absolute Gasteiger partial charge is 0.125 e. The summed E-state index contributed by atoms with van der Waals surface area (Å²) in [5.74, 6) is 1.09. The predicted molar refractivity (Wildman–Crippen MR) is 99.9 cm³/mol. The van der Waals surface area contributed by atoms with E-state index in [1.54, 1.807) is 12.1 Å². The van der Waals surface area contributed by atoms with E-state index in [1.165, 1.54) is 0 Å². The zero-order chi connectivity index (χ0) is 16.9. The van der Waals surface area contributed by atoms with Crippen molar-refractivity contribution in [3.63, 3.8) is 0 Å². The second-order valence-corrected chi connectivity index (χ2v) is 5.51. The summed E-state index contributed by atoms with van der Waals surface area (Å²) >= 11 is 0. The largest absolute Gasteiger partial charge is 0.508 e. The molecule has 0 saturated heterocycles. The fourth-order valence-corrected chi connectivity index (χ4v) is 2.41. The Balaban J connectivity index is 1.69. The quantitative estimate of drug-likeness (QED) is 0.728. The van der Waals surface area contributed by atoms with Gasteiger partial charge in [-0.05, 0) is 60.0 Å². The van der Waals surface area contributed by atoms with Crippen LogP contribution in [0.25, 0.3) is 22.6 Å². The molecule has 3 aromatic rings. The summed E-state index contributed by atoms with van der Waals surface area (Å²) in [7, 11) is 1.84. The summed E-state index contributed by atoms with van der Waals surface area (Å²) in [6, 6.07) is 13.0. The van der Waals surface area contributed by atoms with Gasteiger partial charge < -0.3 is 10.4 Å². The number of phenols is 1. The van der Waals surface area contributed by atoms with E-state index >= 15 is 0 Å². The van der Waals surface area contributed by atoms with Crippen molar-refractivity contribution < 1.29 is 5.11 Å². The van der Waals surface area contributed by atoms with Crippen LogP contribution in [0.2, 0.25) is 0 Å². The van der Waals surface area contributed by atoms with Crippen LogP contribution >= 0.6 is 0 Å². The Morgan fingerprint density at radius 3 is 2.83 bits per heavy atom. The van der Waals surface area contributed by atoms with Crippen molar-refractivity contribution in [2.45, 2.75) is 6.42 Å². The minimum Gasteiger partial charge on any atom is -0.508 e. The van der Waals surface area contributed by atoms with Crippen LogP contribution < -0.4 is 5.32 Å². The molecule has 0 unspecified atom stereocenters. The Kier molecular flexibility index (Phi) is 4.57. The van der Waals surface area contributed by atoms with E-state index < -0.39 is 0 Å². The molecule has 1 aromatic carbocycles. The van der Waals surface area contributed by atoms with Crippen LogP contribution in [0, 0.1) is 0 Å². The van der Waals surface area contributed by atoms with Crippen LogP contribution in [-0.2, 0) is 0 Å². The Morgan fingerprint density at radius 1 is 1.21 bits per heavy atom. The standard InChI is InChI=1S/C20H19N3O/c1-14(16-7-11-20(21-2)22-13-16)4-3-5-17-8-6-15-12-18(24)9-10-19(15)23-17/h3,5-13,24H,1,4H2,2H3,(H,21,22)/b5-3+. The lowest BCUT2D eigenvalue weighted by molar-refractivity contribution is 0.476. The fraction of sp³-hybridized carbons (Fsp3) is 0.100. The highest BCUT2D eigenvalue weighted by Crippen LogP contribution is 2.20. The van der Waals surface area contributed by atoms with Crippen molar-refractivity contribution in [1.29, 1.82) is 0 Å². The van der Waals surface area contributed by atoms with Crippen molar-refractivity contribution >= 4 is 28.4 Å². The molecule has 0 radical (unpaired) electrons. The number of benzene rings is 1. The van der Waals surface area contributed by atoms with Gasteiger partial charge >= 0.3 is 0 Å². The molecule has 0 bridgehead atoms. The Morgan fingerprint density at radius 2 is 2.08 bits per heavy atom. The number of hydrogen-bond acceptors (Lipinski definition) is 4. The number of phenolic OH excluding ortho intramolecular Hbond substituents is 1. The first-order valence-electron chi connectivity index (χ1n) is 7.74. The van der Waals surface area contributed by atoms with Crippen molar-refractivity contribution in [2.24, 2.45) is 0 Å². The Bertz CT molecular complexity index is 898. The molecule has 24 heavy (non-hydrogen) atoms. The van der Waals surface area contributed by atoms with E-state index in [2.05, 4.69) is 21.9 Å². The van der Waals surface area contributed by atoms with Crippen molar-refractivity contribution in [3.05, 3.63) is 72.6 Å². The highest BCUT2D eigenvalue weighted by atomic mass is 16.3. The summed E-state index contributed by atoms with van der Waals surface area (Å²) in [5, 5.41) is 13.4. The number of nitrogens with zero attached hydrogens (tertiary/aromatic N) is 2. The van der Waals surface area contributed by atoms with E-state index in [0.29, 0.717) is 0 Å². The number of nitrogens with one attached hydrogen (secondary N) is 1. The van der Waals surface area contributed by atoms with Crippen LogP contribution in [0.4, 0.5) is 5.82 Å². The number of allylic oxidation sites excluding steroid dienone is 2. The molecule has 2 N–H and O–H groups in total. The maximum absolute atomic E-state index is 9.48. The molecule has 0 saturated carbocycles. The van der Waals surface area contributed by atoms with Gasteiger partial charge in [0.05, 0.1) is 11.2 Å². The van der Waals surface area contributed by atoms with Gasteiger partial charge in [-0.15, -0.1) is 0 Å². The maximum Gasteiger partial charge on any atom is 0.125 e. The third kappa shape index (κ3) is 3.60. The minimum atomic E-state index is 0.252. The number of fused-ring (bicyclic) bond motifs is 1. The summed E-state index contributed by atoms with van der Waals surface area (Å²) in [6.07, 6.45) is 6.58. The summed E-state index contributed by atoms with van der Waals surface area (Å²) < 4.78 is 0. The molecule has 0 aliphatic heterocycles.